The van der Waals surface area contributed by atoms with Gasteiger partial charge in [0.2, 0.25) is 0 Å². The van der Waals surface area contributed by atoms with Crippen LogP contribution in [0.1, 0.15) is 35.4 Å². The van der Waals surface area contributed by atoms with E-state index < -0.39 is 0 Å². The molecule has 0 atom stereocenters. The van der Waals surface area contributed by atoms with E-state index in [1.165, 1.54) is 33.5 Å². The Morgan fingerprint density at radius 2 is 1.66 bits per heavy atom. The van der Waals surface area contributed by atoms with Crippen LogP contribution in [0, 0.1) is 0 Å². The van der Waals surface area contributed by atoms with E-state index in [0.717, 1.165) is 36.9 Å². The number of hydrogen-bond acceptors (Lipinski definition) is 3. The third kappa shape index (κ3) is 3.14. The van der Waals surface area contributed by atoms with Gasteiger partial charge < -0.3 is 15.0 Å². The van der Waals surface area contributed by atoms with Crippen LogP contribution in [0.15, 0.2) is 71.2 Å². The van der Waals surface area contributed by atoms with Crippen LogP contribution in [0.25, 0.3) is 11.1 Å². The maximum atomic E-state index is 13.0. The third-order valence-electron chi connectivity index (χ3n) is 7.48. The summed E-state index contributed by atoms with van der Waals surface area (Å²) in [6, 6.07) is 23.4. The number of piperidine rings is 1. The third-order valence-corrected chi connectivity index (χ3v) is 7.98. The zero-order valence-corrected chi connectivity index (χ0v) is 19.4. The molecular weight excluding hydrogens is 464 g/mol. The maximum Gasteiger partial charge on any atom is 0.409 e. The van der Waals surface area contributed by atoms with E-state index in [9.17, 15) is 4.79 Å². The molecule has 2 heterocycles. The second-order valence-electron chi connectivity index (χ2n) is 9.11. The highest BCUT2D eigenvalue weighted by Gasteiger charge is 2.42. The molecule has 2 aliphatic heterocycles. The van der Waals surface area contributed by atoms with Gasteiger partial charge in [0.25, 0.3) is 0 Å². The van der Waals surface area contributed by atoms with Gasteiger partial charge in [0, 0.05) is 41.1 Å². The van der Waals surface area contributed by atoms with Crippen molar-refractivity contribution in [3.05, 3.63) is 87.9 Å². The van der Waals surface area contributed by atoms with Crippen LogP contribution < -0.4 is 5.32 Å². The summed E-state index contributed by atoms with van der Waals surface area (Å²) in [6.07, 6.45) is 1.71. The van der Waals surface area contributed by atoms with E-state index in [0.29, 0.717) is 6.61 Å². The standard InChI is InChI=1S/C27H25BrN2O2/c28-18-9-10-25-24(15-18)27(17-29-25)11-13-30(14-12-27)26(31)32-16-23-21-7-3-1-5-19(21)20-6-2-4-8-22(20)23/h1-10,15,23,29H,11-14,16-17H2. The summed E-state index contributed by atoms with van der Waals surface area (Å²) in [6.45, 7) is 2.78. The van der Waals surface area contributed by atoms with Crippen LogP contribution in [0.3, 0.4) is 0 Å². The van der Waals surface area contributed by atoms with Crippen LogP contribution in [-0.2, 0) is 10.2 Å². The molecule has 3 aromatic rings. The molecule has 6 rings (SSSR count). The summed E-state index contributed by atoms with van der Waals surface area (Å²) in [5.74, 6) is 0.103. The van der Waals surface area contributed by atoms with Gasteiger partial charge in [-0.2, -0.15) is 0 Å². The summed E-state index contributed by atoms with van der Waals surface area (Å²) >= 11 is 3.61. The summed E-state index contributed by atoms with van der Waals surface area (Å²) in [4.78, 5) is 14.8. The molecule has 0 bridgehead atoms. The van der Waals surface area contributed by atoms with Crippen molar-refractivity contribution in [2.24, 2.45) is 0 Å². The predicted molar refractivity (Wildman–Crippen MR) is 130 cm³/mol. The fraction of sp³-hybridized carbons (Fsp3) is 0.296. The first-order chi connectivity index (χ1) is 15.6. The van der Waals surface area contributed by atoms with E-state index in [1.807, 2.05) is 4.90 Å². The van der Waals surface area contributed by atoms with Crippen LogP contribution in [0.5, 0.6) is 0 Å². The van der Waals surface area contributed by atoms with Crippen LogP contribution in [-0.4, -0.2) is 37.2 Å². The minimum Gasteiger partial charge on any atom is -0.448 e. The minimum absolute atomic E-state index is 0.103. The molecular formula is C27H25BrN2O2. The van der Waals surface area contributed by atoms with Crippen molar-refractivity contribution in [2.75, 3.05) is 31.6 Å². The number of rotatable bonds is 2. The maximum absolute atomic E-state index is 13.0. The number of carbonyl (C=O) groups excluding carboxylic acids is 1. The molecule has 0 radical (unpaired) electrons. The fourth-order valence-electron chi connectivity index (χ4n) is 5.72. The second-order valence-corrected chi connectivity index (χ2v) is 10.0. The number of likely N-dealkylation sites (tertiary alicyclic amines) is 1. The number of carbonyl (C=O) groups is 1. The Kier molecular flexibility index (Phi) is 4.76. The number of hydrogen-bond donors (Lipinski definition) is 1. The normalized spacial score (nSPS) is 18.1. The van der Waals surface area contributed by atoms with Crippen molar-refractivity contribution in [3.63, 3.8) is 0 Å². The lowest BCUT2D eigenvalue weighted by Gasteiger charge is -2.39. The van der Waals surface area contributed by atoms with E-state index in [4.69, 9.17) is 4.74 Å². The molecule has 1 amide bonds. The smallest absolute Gasteiger partial charge is 0.409 e. The van der Waals surface area contributed by atoms with Gasteiger partial charge in [0.1, 0.15) is 6.61 Å². The summed E-state index contributed by atoms with van der Waals surface area (Å²) in [5, 5.41) is 3.56. The Hall–Kier alpha value is -2.79. The molecule has 0 unspecified atom stereocenters. The first kappa shape index (κ1) is 19.9. The monoisotopic (exact) mass is 488 g/mol. The van der Waals surface area contributed by atoms with Crippen molar-refractivity contribution in [1.82, 2.24) is 4.90 Å². The number of fused-ring (bicyclic) bond motifs is 5. The van der Waals surface area contributed by atoms with Crippen LogP contribution in [0.4, 0.5) is 10.5 Å². The van der Waals surface area contributed by atoms with Crippen molar-refractivity contribution in [2.45, 2.75) is 24.2 Å². The predicted octanol–water partition coefficient (Wildman–Crippen LogP) is 6.16. The van der Waals surface area contributed by atoms with Gasteiger partial charge in [-0.1, -0.05) is 64.5 Å². The van der Waals surface area contributed by atoms with Gasteiger partial charge in [-0.15, -0.1) is 0 Å². The van der Waals surface area contributed by atoms with Crippen molar-refractivity contribution < 1.29 is 9.53 Å². The van der Waals surface area contributed by atoms with Gasteiger partial charge in [0.05, 0.1) is 0 Å². The van der Waals surface area contributed by atoms with Crippen molar-refractivity contribution >= 4 is 27.7 Å². The van der Waals surface area contributed by atoms with Crippen molar-refractivity contribution in [1.29, 1.82) is 0 Å². The highest BCUT2D eigenvalue weighted by atomic mass is 79.9. The Morgan fingerprint density at radius 1 is 1.00 bits per heavy atom. The lowest BCUT2D eigenvalue weighted by molar-refractivity contribution is 0.0825. The summed E-state index contributed by atoms with van der Waals surface area (Å²) in [7, 11) is 0. The quantitative estimate of drug-likeness (QED) is 0.469. The fourth-order valence-corrected chi connectivity index (χ4v) is 6.08. The first-order valence-electron chi connectivity index (χ1n) is 11.3. The number of nitrogens with one attached hydrogen (secondary N) is 1. The van der Waals surface area contributed by atoms with Gasteiger partial charge in [-0.05, 0) is 58.9 Å². The van der Waals surface area contributed by atoms with Gasteiger partial charge >= 0.3 is 6.09 Å². The van der Waals surface area contributed by atoms with Crippen molar-refractivity contribution in [3.8, 4) is 11.1 Å². The zero-order valence-electron chi connectivity index (χ0n) is 17.8. The molecule has 0 aromatic heterocycles. The molecule has 32 heavy (non-hydrogen) atoms. The highest BCUT2D eigenvalue weighted by molar-refractivity contribution is 9.10. The Morgan fingerprint density at radius 3 is 2.34 bits per heavy atom. The molecule has 4 nitrogen and oxygen atoms in total. The number of ether oxygens (including phenoxy) is 1. The van der Waals surface area contributed by atoms with Gasteiger partial charge in [-0.3, -0.25) is 0 Å². The number of amides is 1. The molecule has 3 aromatic carbocycles. The number of halogens is 1. The molecule has 1 N–H and O–H groups in total. The molecule has 0 saturated carbocycles. The van der Waals surface area contributed by atoms with E-state index in [1.54, 1.807) is 0 Å². The largest absolute Gasteiger partial charge is 0.448 e. The topological polar surface area (TPSA) is 41.6 Å². The van der Waals surface area contributed by atoms with Gasteiger partial charge in [-0.25, -0.2) is 4.79 Å². The molecule has 5 heteroatoms. The lowest BCUT2D eigenvalue weighted by atomic mass is 9.74. The van der Waals surface area contributed by atoms with Crippen LogP contribution in [0.2, 0.25) is 0 Å². The Balaban J connectivity index is 1.13. The van der Waals surface area contributed by atoms with Crippen LogP contribution >= 0.6 is 15.9 Å². The zero-order chi connectivity index (χ0) is 21.7. The molecule has 1 saturated heterocycles. The lowest BCUT2D eigenvalue weighted by Crippen LogP contribution is -2.46. The molecule has 3 aliphatic rings. The van der Waals surface area contributed by atoms with E-state index in [2.05, 4.69) is 88.0 Å². The average molecular weight is 489 g/mol. The minimum atomic E-state index is -0.192. The first-order valence-corrected chi connectivity index (χ1v) is 12.1. The van der Waals surface area contributed by atoms with Gasteiger partial charge in [0.15, 0.2) is 0 Å². The second kappa shape index (κ2) is 7.66. The summed E-state index contributed by atoms with van der Waals surface area (Å²) < 4.78 is 6.99. The molecule has 1 fully saturated rings. The number of anilines is 1. The molecule has 1 spiro atoms. The Bertz CT molecular complexity index is 1150. The average Bonchev–Trinajstić information content (AvgIpc) is 3.34. The van der Waals surface area contributed by atoms with E-state index >= 15 is 0 Å². The molecule has 162 valence electrons. The SMILES string of the molecule is O=C(OCC1c2ccccc2-c2ccccc21)N1CCC2(CC1)CNc1ccc(Br)cc12. The Labute approximate surface area is 196 Å². The summed E-state index contributed by atoms with van der Waals surface area (Å²) in [5.41, 5.74) is 7.71. The molecule has 1 aliphatic carbocycles. The van der Waals surface area contributed by atoms with E-state index in [-0.39, 0.29) is 17.4 Å². The highest BCUT2D eigenvalue weighted by Crippen LogP contribution is 2.46. The number of benzene rings is 3. The number of nitrogens with zero attached hydrogens (tertiary/aromatic N) is 1.